The minimum Gasteiger partial charge on any atom is -0.466 e. The summed E-state index contributed by atoms with van der Waals surface area (Å²) >= 11 is 0. The fourth-order valence-electron chi connectivity index (χ4n) is 2.00. The lowest BCUT2D eigenvalue weighted by Gasteiger charge is -1.98. The van der Waals surface area contributed by atoms with Crippen molar-refractivity contribution in [3.05, 3.63) is 23.7 Å². The molecule has 0 saturated carbocycles. The maximum absolute atomic E-state index is 5.72. The van der Waals surface area contributed by atoms with Crippen LogP contribution >= 0.6 is 0 Å². The molecule has 2 bridgehead atoms. The van der Waals surface area contributed by atoms with Crippen molar-refractivity contribution in [2.75, 3.05) is 0 Å². The molecular formula is C12H18O. The van der Waals surface area contributed by atoms with E-state index in [1.165, 1.54) is 50.0 Å². The molecule has 0 radical (unpaired) electrons. The minimum atomic E-state index is 1.14. The summed E-state index contributed by atoms with van der Waals surface area (Å²) < 4.78 is 5.72. The van der Waals surface area contributed by atoms with E-state index in [-0.39, 0.29) is 0 Å². The summed E-state index contributed by atoms with van der Waals surface area (Å²) in [6.07, 6.45) is 10.4. The lowest BCUT2D eigenvalue weighted by molar-refractivity contribution is 0.456. The average Bonchev–Trinajstić information content (AvgIpc) is 2.52. The van der Waals surface area contributed by atoms with Crippen molar-refractivity contribution in [3.8, 4) is 0 Å². The standard InChI is InChI=1S/C12H18O/c1-2-4-6-8-12-10-9-11(13-12)7-5-3-1/h9-10H,1-8H2. The Morgan fingerprint density at radius 1 is 0.692 bits per heavy atom. The molecule has 1 aromatic rings. The highest BCUT2D eigenvalue weighted by atomic mass is 16.3. The summed E-state index contributed by atoms with van der Waals surface area (Å²) in [6, 6.07) is 4.30. The number of hydrogen-bond acceptors (Lipinski definition) is 1. The van der Waals surface area contributed by atoms with Crippen LogP contribution in [0.15, 0.2) is 16.5 Å². The third-order valence-corrected chi connectivity index (χ3v) is 2.81. The van der Waals surface area contributed by atoms with Crippen LogP contribution in [0.2, 0.25) is 0 Å². The van der Waals surface area contributed by atoms with Gasteiger partial charge in [0.15, 0.2) is 0 Å². The Kier molecular flexibility index (Phi) is 3.07. The highest BCUT2D eigenvalue weighted by molar-refractivity contribution is 5.07. The quantitative estimate of drug-likeness (QED) is 0.590. The summed E-state index contributed by atoms with van der Waals surface area (Å²) in [6.45, 7) is 0. The van der Waals surface area contributed by atoms with E-state index < -0.39 is 0 Å². The second-order valence-corrected chi connectivity index (χ2v) is 3.99. The lowest BCUT2D eigenvalue weighted by atomic mass is 10.1. The van der Waals surface area contributed by atoms with E-state index in [1.807, 2.05) is 0 Å². The van der Waals surface area contributed by atoms with Gasteiger partial charge in [-0.25, -0.2) is 0 Å². The number of fused-ring (bicyclic) bond motifs is 2. The molecule has 1 aromatic heterocycles. The van der Waals surface area contributed by atoms with Crippen LogP contribution in [0.1, 0.15) is 50.0 Å². The molecular weight excluding hydrogens is 160 g/mol. The van der Waals surface area contributed by atoms with Gasteiger partial charge in [-0.15, -0.1) is 0 Å². The van der Waals surface area contributed by atoms with Crippen molar-refractivity contribution in [3.63, 3.8) is 0 Å². The predicted octanol–water partition coefficient (Wildman–Crippen LogP) is 3.72. The van der Waals surface area contributed by atoms with Gasteiger partial charge in [-0.2, -0.15) is 0 Å². The fourth-order valence-corrected chi connectivity index (χ4v) is 2.00. The van der Waals surface area contributed by atoms with Gasteiger partial charge < -0.3 is 4.42 Å². The van der Waals surface area contributed by atoms with Gasteiger partial charge in [-0.1, -0.05) is 25.7 Å². The van der Waals surface area contributed by atoms with Gasteiger partial charge in [0.2, 0.25) is 0 Å². The van der Waals surface area contributed by atoms with Crippen molar-refractivity contribution < 1.29 is 4.42 Å². The Morgan fingerprint density at radius 2 is 1.15 bits per heavy atom. The summed E-state index contributed by atoms with van der Waals surface area (Å²) in [5.41, 5.74) is 0. The Morgan fingerprint density at radius 3 is 1.69 bits per heavy atom. The normalized spacial score (nSPS) is 19.4. The third-order valence-electron chi connectivity index (χ3n) is 2.81. The molecule has 0 aromatic carbocycles. The molecule has 13 heavy (non-hydrogen) atoms. The molecule has 1 aliphatic heterocycles. The van der Waals surface area contributed by atoms with Crippen molar-refractivity contribution in [1.82, 2.24) is 0 Å². The maximum Gasteiger partial charge on any atom is 0.104 e. The van der Waals surface area contributed by atoms with Crippen molar-refractivity contribution in [2.24, 2.45) is 0 Å². The Bertz CT molecular complexity index is 225. The number of furan rings is 1. The zero-order valence-electron chi connectivity index (χ0n) is 8.22. The molecule has 0 saturated heterocycles. The first-order valence-electron chi connectivity index (χ1n) is 5.53. The largest absolute Gasteiger partial charge is 0.466 e. The zero-order chi connectivity index (χ0) is 8.93. The van der Waals surface area contributed by atoms with Crippen LogP contribution in [0.5, 0.6) is 0 Å². The highest BCUT2D eigenvalue weighted by Crippen LogP contribution is 2.17. The first kappa shape index (κ1) is 8.86. The molecule has 1 heteroatoms. The van der Waals surface area contributed by atoms with Crippen LogP contribution in [0.25, 0.3) is 0 Å². The van der Waals surface area contributed by atoms with E-state index >= 15 is 0 Å². The van der Waals surface area contributed by atoms with Crippen LogP contribution in [0.3, 0.4) is 0 Å². The molecule has 0 atom stereocenters. The van der Waals surface area contributed by atoms with E-state index in [0.29, 0.717) is 0 Å². The van der Waals surface area contributed by atoms with Gasteiger partial charge in [-0.3, -0.25) is 0 Å². The first-order chi connectivity index (χ1) is 6.45. The molecule has 0 unspecified atom stereocenters. The summed E-state index contributed by atoms with van der Waals surface area (Å²) in [7, 11) is 0. The summed E-state index contributed by atoms with van der Waals surface area (Å²) in [4.78, 5) is 0. The SMILES string of the molecule is c1cc2oc1CCCCCCCC2. The molecule has 0 N–H and O–H groups in total. The monoisotopic (exact) mass is 178 g/mol. The molecule has 72 valence electrons. The molecule has 0 amide bonds. The summed E-state index contributed by atoms with van der Waals surface area (Å²) in [5, 5.41) is 0. The predicted molar refractivity (Wildman–Crippen MR) is 53.8 cm³/mol. The molecule has 0 fully saturated rings. The van der Waals surface area contributed by atoms with Gasteiger partial charge in [0.25, 0.3) is 0 Å². The van der Waals surface area contributed by atoms with E-state index in [9.17, 15) is 0 Å². The van der Waals surface area contributed by atoms with E-state index in [4.69, 9.17) is 4.42 Å². The van der Waals surface area contributed by atoms with Crippen molar-refractivity contribution in [2.45, 2.75) is 51.4 Å². The highest BCUT2D eigenvalue weighted by Gasteiger charge is 2.03. The molecule has 1 aliphatic rings. The van der Waals surface area contributed by atoms with Gasteiger partial charge in [0.05, 0.1) is 0 Å². The van der Waals surface area contributed by atoms with Crippen LogP contribution in [-0.2, 0) is 12.8 Å². The van der Waals surface area contributed by atoms with Gasteiger partial charge >= 0.3 is 0 Å². The molecule has 0 spiro atoms. The van der Waals surface area contributed by atoms with E-state index in [2.05, 4.69) is 12.1 Å². The van der Waals surface area contributed by atoms with Gasteiger partial charge in [-0.05, 0) is 25.0 Å². The fraction of sp³-hybridized carbons (Fsp3) is 0.667. The molecule has 2 heterocycles. The minimum absolute atomic E-state index is 1.14. The second-order valence-electron chi connectivity index (χ2n) is 3.99. The van der Waals surface area contributed by atoms with Crippen LogP contribution in [0, 0.1) is 0 Å². The third kappa shape index (κ3) is 2.61. The Hall–Kier alpha value is -0.720. The Labute approximate surface area is 80.1 Å². The number of aryl methyl sites for hydroxylation is 2. The van der Waals surface area contributed by atoms with Gasteiger partial charge in [0, 0.05) is 12.8 Å². The van der Waals surface area contributed by atoms with Crippen molar-refractivity contribution in [1.29, 1.82) is 0 Å². The van der Waals surface area contributed by atoms with Crippen LogP contribution < -0.4 is 0 Å². The van der Waals surface area contributed by atoms with Crippen molar-refractivity contribution >= 4 is 0 Å². The second kappa shape index (κ2) is 4.50. The van der Waals surface area contributed by atoms with E-state index in [1.54, 1.807) is 0 Å². The maximum atomic E-state index is 5.72. The zero-order valence-corrected chi connectivity index (χ0v) is 8.22. The molecule has 2 rings (SSSR count). The van der Waals surface area contributed by atoms with Crippen LogP contribution in [0.4, 0.5) is 0 Å². The topological polar surface area (TPSA) is 13.1 Å². The van der Waals surface area contributed by atoms with Gasteiger partial charge in [0.1, 0.15) is 11.5 Å². The van der Waals surface area contributed by atoms with Crippen LogP contribution in [-0.4, -0.2) is 0 Å². The lowest BCUT2D eigenvalue weighted by Crippen LogP contribution is -1.83. The smallest absolute Gasteiger partial charge is 0.104 e. The average molecular weight is 178 g/mol. The number of rotatable bonds is 0. The summed E-state index contributed by atoms with van der Waals surface area (Å²) in [5.74, 6) is 2.38. The molecule has 0 aliphatic carbocycles. The first-order valence-corrected chi connectivity index (χ1v) is 5.53. The van der Waals surface area contributed by atoms with E-state index in [0.717, 1.165) is 12.8 Å². The number of hydrogen-bond donors (Lipinski definition) is 0. The molecule has 1 nitrogen and oxygen atoms in total. The Balaban J connectivity index is 1.99.